The molecule has 0 bridgehead atoms. The monoisotopic (exact) mass is 136 g/mol. The molecule has 0 N–H and O–H groups in total. The van der Waals surface area contributed by atoms with E-state index in [9.17, 15) is 0 Å². The first-order chi connectivity index (χ1) is 4.79. The zero-order chi connectivity index (χ0) is 7.40. The van der Waals surface area contributed by atoms with Crippen LogP contribution in [0.5, 0.6) is 0 Å². The van der Waals surface area contributed by atoms with Crippen molar-refractivity contribution >= 4 is 13.4 Å². The number of rotatable bonds is 0. The Kier molecular flexibility index (Phi) is 3.37. The highest BCUT2D eigenvalue weighted by Crippen LogP contribution is 2.17. The maximum Gasteiger partial charge on any atom is 0.129 e. The van der Waals surface area contributed by atoms with E-state index in [1.54, 1.807) is 0 Å². The Balaban J connectivity index is 2.25. The molecule has 0 aliphatic carbocycles. The molecule has 1 saturated heterocycles. The van der Waals surface area contributed by atoms with Gasteiger partial charge in [-0.05, 0) is 0 Å². The zero-order valence-electron chi connectivity index (χ0n) is 7.40. The predicted molar refractivity (Wildman–Crippen MR) is 51.5 cm³/mol. The summed E-state index contributed by atoms with van der Waals surface area (Å²) in [5.41, 5.74) is 0. The molecule has 1 fully saturated rings. The number of hydrogen-bond donors (Lipinski definition) is 0. The van der Waals surface area contributed by atoms with Gasteiger partial charge in [0.15, 0.2) is 0 Å². The van der Waals surface area contributed by atoms with Crippen LogP contribution in [0.2, 0.25) is 32.5 Å². The van der Waals surface area contributed by atoms with Crippen molar-refractivity contribution in [3.05, 3.63) is 0 Å². The predicted octanol–water partition coefficient (Wildman–Crippen LogP) is 2.96. The van der Waals surface area contributed by atoms with Gasteiger partial charge in [0.05, 0.1) is 0 Å². The molecule has 0 aromatic heterocycles. The van der Waals surface area contributed by atoms with Crippen molar-refractivity contribution in [2.45, 2.75) is 51.8 Å². The highest BCUT2D eigenvalue weighted by atomic mass is 13.9. The van der Waals surface area contributed by atoms with E-state index in [4.69, 9.17) is 0 Å². The lowest BCUT2D eigenvalue weighted by atomic mass is 9.27. The van der Waals surface area contributed by atoms with Crippen LogP contribution in [0.1, 0.15) is 19.3 Å². The van der Waals surface area contributed by atoms with E-state index in [0.29, 0.717) is 0 Å². The minimum absolute atomic E-state index is 0.996. The van der Waals surface area contributed by atoms with Gasteiger partial charge in [-0.25, -0.2) is 0 Å². The highest BCUT2D eigenvalue weighted by Gasteiger charge is 2.16. The first-order valence-corrected chi connectivity index (χ1v) is 4.79. The first-order valence-electron chi connectivity index (χ1n) is 4.79. The molecule has 0 aromatic rings. The topological polar surface area (TPSA) is 0 Å². The van der Waals surface area contributed by atoms with Crippen LogP contribution in [0, 0.1) is 0 Å². The molecule has 1 aliphatic heterocycles. The zero-order valence-corrected chi connectivity index (χ0v) is 7.40. The fraction of sp³-hybridized carbons (Fsp3) is 1.00. The molecule has 0 amide bonds. The van der Waals surface area contributed by atoms with Crippen molar-refractivity contribution in [1.82, 2.24) is 0 Å². The quantitative estimate of drug-likeness (QED) is 0.449. The summed E-state index contributed by atoms with van der Waals surface area (Å²) in [6.07, 6.45) is 8.87. The van der Waals surface area contributed by atoms with Crippen molar-refractivity contribution in [2.24, 2.45) is 0 Å². The summed E-state index contributed by atoms with van der Waals surface area (Å²) in [4.78, 5) is 0. The van der Waals surface area contributed by atoms with Gasteiger partial charge in [-0.2, -0.15) is 0 Å². The van der Waals surface area contributed by atoms with Crippen LogP contribution in [-0.4, -0.2) is 13.4 Å². The summed E-state index contributed by atoms with van der Waals surface area (Å²) in [5.74, 6) is 0. The first kappa shape index (κ1) is 8.23. The summed E-state index contributed by atoms with van der Waals surface area (Å²) in [6, 6.07) is 0. The lowest BCUT2D eigenvalue weighted by molar-refractivity contribution is 0.754. The smallest absolute Gasteiger partial charge is 0.0952 e. The molecule has 0 saturated carbocycles. The molecule has 56 valence electrons. The van der Waals surface area contributed by atoms with Crippen LogP contribution >= 0.6 is 0 Å². The minimum atomic E-state index is 0.996. The van der Waals surface area contributed by atoms with Crippen LogP contribution in [0.15, 0.2) is 0 Å². The van der Waals surface area contributed by atoms with Crippen molar-refractivity contribution in [3.63, 3.8) is 0 Å². The Morgan fingerprint density at radius 2 is 1.30 bits per heavy atom. The van der Waals surface area contributed by atoms with Crippen molar-refractivity contribution in [1.29, 1.82) is 0 Å². The third-order valence-corrected chi connectivity index (χ3v) is 2.70. The molecular weight excluding hydrogens is 118 g/mol. The van der Waals surface area contributed by atoms with Gasteiger partial charge in [-0.15, -0.1) is 0 Å². The van der Waals surface area contributed by atoms with Crippen LogP contribution in [0.3, 0.4) is 0 Å². The SMILES string of the molecule is CB1CCCCCB(C)C1. The fourth-order valence-corrected chi connectivity index (χ4v) is 2.08. The van der Waals surface area contributed by atoms with Crippen LogP contribution in [0.4, 0.5) is 0 Å². The van der Waals surface area contributed by atoms with E-state index in [1.807, 2.05) is 0 Å². The Morgan fingerprint density at radius 3 is 1.80 bits per heavy atom. The third kappa shape index (κ3) is 2.81. The van der Waals surface area contributed by atoms with E-state index in [0.717, 1.165) is 13.4 Å². The van der Waals surface area contributed by atoms with Gasteiger partial charge in [-0.3, -0.25) is 0 Å². The van der Waals surface area contributed by atoms with Gasteiger partial charge in [0.1, 0.15) is 13.4 Å². The minimum Gasteiger partial charge on any atom is -0.0952 e. The molecule has 0 atom stereocenters. The molecule has 2 heteroatoms. The lowest BCUT2D eigenvalue weighted by Crippen LogP contribution is -2.20. The molecule has 1 heterocycles. The van der Waals surface area contributed by atoms with Gasteiger partial charge in [-0.1, -0.05) is 51.8 Å². The second kappa shape index (κ2) is 4.10. The average Bonchev–Trinajstić information content (AvgIpc) is 1.83. The second-order valence-corrected chi connectivity index (χ2v) is 4.08. The average molecular weight is 136 g/mol. The highest BCUT2D eigenvalue weighted by molar-refractivity contribution is 6.76. The largest absolute Gasteiger partial charge is 0.129 e. The molecule has 10 heavy (non-hydrogen) atoms. The summed E-state index contributed by atoms with van der Waals surface area (Å²) < 4.78 is 0. The maximum atomic E-state index is 2.40. The summed E-state index contributed by atoms with van der Waals surface area (Å²) in [7, 11) is 0. The standard InChI is InChI=1S/C8H18B2/c1-9-6-4-3-5-7-10(2)8-9/h3-8H2,1-2H3. The van der Waals surface area contributed by atoms with Gasteiger partial charge in [0, 0.05) is 0 Å². The second-order valence-electron chi connectivity index (χ2n) is 4.08. The normalized spacial score (nSPS) is 22.2. The molecule has 0 spiro atoms. The van der Waals surface area contributed by atoms with Crippen LogP contribution in [0.25, 0.3) is 0 Å². The van der Waals surface area contributed by atoms with Gasteiger partial charge >= 0.3 is 0 Å². The molecule has 0 radical (unpaired) electrons. The summed E-state index contributed by atoms with van der Waals surface area (Å²) in [6.45, 7) is 6.80. The van der Waals surface area contributed by atoms with Gasteiger partial charge in [0.25, 0.3) is 0 Å². The summed E-state index contributed by atoms with van der Waals surface area (Å²) in [5, 5.41) is 0. The van der Waals surface area contributed by atoms with E-state index in [1.165, 1.54) is 38.1 Å². The molecule has 0 aromatic carbocycles. The maximum absolute atomic E-state index is 2.40. The Labute approximate surface area is 65.9 Å². The van der Waals surface area contributed by atoms with E-state index in [-0.39, 0.29) is 0 Å². The van der Waals surface area contributed by atoms with Crippen molar-refractivity contribution in [3.8, 4) is 0 Å². The van der Waals surface area contributed by atoms with Gasteiger partial charge in [0.2, 0.25) is 0 Å². The molecule has 1 rings (SSSR count). The van der Waals surface area contributed by atoms with Crippen LogP contribution in [-0.2, 0) is 0 Å². The molecular formula is C8H18B2. The Morgan fingerprint density at radius 1 is 0.800 bits per heavy atom. The van der Waals surface area contributed by atoms with Crippen molar-refractivity contribution < 1.29 is 0 Å². The number of hydrogen-bond acceptors (Lipinski definition) is 0. The van der Waals surface area contributed by atoms with E-state index < -0.39 is 0 Å². The molecule has 0 nitrogen and oxygen atoms in total. The lowest BCUT2D eigenvalue weighted by Gasteiger charge is -2.15. The van der Waals surface area contributed by atoms with E-state index >= 15 is 0 Å². The molecule has 0 unspecified atom stereocenters. The van der Waals surface area contributed by atoms with Crippen molar-refractivity contribution in [2.75, 3.05) is 0 Å². The summed E-state index contributed by atoms with van der Waals surface area (Å²) >= 11 is 0. The van der Waals surface area contributed by atoms with Crippen LogP contribution < -0.4 is 0 Å². The Bertz CT molecular complexity index is 83.3. The third-order valence-electron chi connectivity index (χ3n) is 2.70. The molecule has 1 aliphatic rings. The fourth-order valence-electron chi connectivity index (χ4n) is 2.08. The van der Waals surface area contributed by atoms with E-state index in [2.05, 4.69) is 13.6 Å². The Hall–Kier alpha value is 0.130. The van der Waals surface area contributed by atoms with Gasteiger partial charge < -0.3 is 0 Å².